The highest BCUT2D eigenvalue weighted by Crippen LogP contribution is 2.28. The Bertz CT molecular complexity index is 450. The van der Waals surface area contributed by atoms with Gasteiger partial charge in [0.15, 0.2) is 0 Å². The zero-order valence-corrected chi connectivity index (χ0v) is 13.6. The van der Waals surface area contributed by atoms with Crippen LogP contribution in [0.3, 0.4) is 0 Å². The highest BCUT2D eigenvalue weighted by molar-refractivity contribution is 6.32. The molecule has 1 rings (SSSR count). The molecule has 0 bridgehead atoms. The molecule has 0 radical (unpaired) electrons. The van der Waals surface area contributed by atoms with Gasteiger partial charge in [-0.3, -0.25) is 4.79 Å². The Kier molecular flexibility index (Phi) is 8.16. The SMILES string of the molecule is CC(C)Oc1ccc(NC(=O)CCCCCCN)cc1Cl. The summed E-state index contributed by atoms with van der Waals surface area (Å²) in [6, 6.07) is 5.29. The summed E-state index contributed by atoms with van der Waals surface area (Å²) < 4.78 is 5.55. The van der Waals surface area contributed by atoms with E-state index in [4.69, 9.17) is 22.1 Å². The first-order valence-corrected chi connectivity index (χ1v) is 7.87. The van der Waals surface area contributed by atoms with E-state index in [2.05, 4.69) is 5.32 Å². The van der Waals surface area contributed by atoms with E-state index in [0.29, 0.717) is 22.9 Å². The number of anilines is 1. The monoisotopic (exact) mass is 312 g/mol. The maximum atomic E-state index is 11.8. The zero-order valence-electron chi connectivity index (χ0n) is 12.8. The molecule has 0 aliphatic carbocycles. The van der Waals surface area contributed by atoms with Crippen molar-refractivity contribution in [3.8, 4) is 5.75 Å². The molecule has 3 N–H and O–H groups in total. The van der Waals surface area contributed by atoms with Crippen molar-refractivity contribution in [2.24, 2.45) is 5.73 Å². The van der Waals surface area contributed by atoms with Crippen molar-refractivity contribution >= 4 is 23.2 Å². The topological polar surface area (TPSA) is 64.3 Å². The molecule has 5 heteroatoms. The van der Waals surface area contributed by atoms with Crippen LogP contribution in [0.1, 0.15) is 46.0 Å². The Morgan fingerprint density at radius 3 is 2.62 bits per heavy atom. The third-order valence-electron chi connectivity index (χ3n) is 2.94. The van der Waals surface area contributed by atoms with E-state index in [1.165, 1.54) is 0 Å². The Hall–Kier alpha value is -1.26. The summed E-state index contributed by atoms with van der Waals surface area (Å²) in [6.45, 7) is 4.60. The van der Waals surface area contributed by atoms with Crippen molar-refractivity contribution < 1.29 is 9.53 Å². The predicted molar refractivity (Wildman–Crippen MR) is 88.0 cm³/mol. The van der Waals surface area contributed by atoms with Crippen LogP contribution in [0.4, 0.5) is 5.69 Å². The van der Waals surface area contributed by atoms with Gasteiger partial charge < -0.3 is 15.8 Å². The van der Waals surface area contributed by atoms with Crippen LogP contribution in [0, 0.1) is 0 Å². The second-order valence-corrected chi connectivity index (χ2v) is 5.72. The van der Waals surface area contributed by atoms with Crippen molar-refractivity contribution in [1.29, 1.82) is 0 Å². The van der Waals surface area contributed by atoms with Gasteiger partial charge >= 0.3 is 0 Å². The molecule has 0 fully saturated rings. The average Bonchev–Trinajstić information content (AvgIpc) is 2.41. The molecular formula is C16H25ClN2O2. The Morgan fingerprint density at radius 1 is 1.29 bits per heavy atom. The van der Waals surface area contributed by atoms with E-state index in [-0.39, 0.29) is 12.0 Å². The highest BCUT2D eigenvalue weighted by atomic mass is 35.5. The Labute approximate surface area is 132 Å². The fourth-order valence-corrected chi connectivity index (χ4v) is 2.16. The lowest BCUT2D eigenvalue weighted by atomic mass is 10.1. The van der Waals surface area contributed by atoms with Crippen molar-refractivity contribution in [2.45, 2.75) is 52.1 Å². The quantitative estimate of drug-likeness (QED) is 0.678. The number of rotatable bonds is 9. The smallest absolute Gasteiger partial charge is 0.224 e. The van der Waals surface area contributed by atoms with Gasteiger partial charge in [-0.05, 0) is 51.4 Å². The molecule has 4 nitrogen and oxygen atoms in total. The van der Waals surface area contributed by atoms with Gasteiger partial charge in [-0.25, -0.2) is 0 Å². The third kappa shape index (κ3) is 7.34. The zero-order chi connectivity index (χ0) is 15.7. The number of carbonyl (C=O) groups is 1. The normalized spacial score (nSPS) is 10.7. The molecule has 0 aromatic heterocycles. The van der Waals surface area contributed by atoms with Gasteiger partial charge in [-0.1, -0.05) is 24.4 Å². The summed E-state index contributed by atoms with van der Waals surface area (Å²) >= 11 is 6.13. The number of unbranched alkanes of at least 4 members (excludes halogenated alkanes) is 3. The first kappa shape index (κ1) is 17.8. The molecule has 0 saturated carbocycles. The molecule has 0 heterocycles. The molecule has 0 spiro atoms. The van der Waals surface area contributed by atoms with E-state index in [1.54, 1.807) is 18.2 Å². The minimum Gasteiger partial charge on any atom is -0.489 e. The van der Waals surface area contributed by atoms with E-state index in [9.17, 15) is 4.79 Å². The molecule has 0 aliphatic heterocycles. The van der Waals surface area contributed by atoms with E-state index in [1.807, 2.05) is 13.8 Å². The first-order valence-electron chi connectivity index (χ1n) is 7.49. The van der Waals surface area contributed by atoms with E-state index in [0.717, 1.165) is 32.2 Å². The maximum Gasteiger partial charge on any atom is 0.224 e. The number of nitrogens with two attached hydrogens (primary N) is 1. The standard InChI is InChI=1S/C16H25ClN2O2/c1-12(2)21-15-9-8-13(11-14(15)17)19-16(20)7-5-3-4-6-10-18/h8-9,11-12H,3-7,10,18H2,1-2H3,(H,19,20). The minimum atomic E-state index is 0.0105. The highest BCUT2D eigenvalue weighted by Gasteiger charge is 2.07. The molecule has 118 valence electrons. The molecule has 0 unspecified atom stereocenters. The number of amides is 1. The van der Waals surface area contributed by atoms with Gasteiger partial charge in [0.1, 0.15) is 5.75 Å². The van der Waals surface area contributed by atoms with Gasteiger partial charge in [0, 0.05) is 12.1 Å². The van der Waals surface area contributed by atoms with Gasteiger partial charge in [0.05, 0.1) is 11.1 Å². The molecule has 21 heavy (non-hydrogen) atoms. The van der Waals surface area contributed by atoms with Crippen LogP contribution in [0.5, 0.6) is 5.75 Å². The van der Waals surface area contributed by atoms with Crippen LogP contribution in [0.25, 0.3) is 0 Å². The lowest BCUT2D eigenvalue weighted by molar-refractivity contribution is -0.116. The van der Waals surface area contributed by atoms with Gasteiger partial charge in [0.2, 0.25) is 5.91 Å². The lowest BCUT2D eigenvalue weighted by Crippen LogP contribution is -2.11. The van der Waals surface area contributed by atoms with Gasteiger partial charge in [-0.15, -0.1) is 0 Å². The predicted octanol–water partition coefficient (Wildman–Crippen LogP) is 3.97. The van der Waals surface area contributed by atoms with Crippen molar-refractivity contribution in [3.05, 3.63) is 23.2 Å². The lowest BCUT2D eigenvalue weighted by Gasteiger charge is -2.12. The second kappa shape index (κ2) is 9.64. The number of benzene rings is 1. The largest absolute Gasteiger partial charge is 0.489 e. The van der Waals surface area contributed by atoms with Crippen molar-refractivity contribution in [3.63, 3.8) is 0 Å². The average molecular weight is 313 g/mol. The van der Waals surface area contributed by atoms with E-state index < -0.39 is 0 Å². The number of hydrogen-bond donors (Lipinski definition) is 2. The third-order valence-corrected chi connectivity index (χ3v) is 3.23. The van der Waals surface area contributed by atoms with Crippen LogP contribution >= 0.6 is 11.6 Å². The second-order valence-electron chi connectivity index (χ2n) is 5.31. The number of carbonyl (C=O) groups excluding carboxylic acids is 1. The summed E-state index contributed by atoms with van der Waals surface area (Å²) in [5, 5.41) is 3.35. The maximum absolute atomic E-state index is 11.8. The first-order chi connectivity index (χ1) is 10.0. The fourth-order valence-electron chi connectivity index (χ4n) is 1.94. The van der Waals surface area contributed by atoms with Gasteiger partial charge in [-0.2, -0.15) is 0 Å². The molecule has 1 aromatic carbocycles. The van der Waals surface area contributed by atoms with Crippen molar-refractivity contribution in [1.82, 2.24) is 0 Å². The number of nitrogens with one attached hydrogen (secondary N) is 1. The van der Waals surface area contributed by atoms with Crippen LogP contribution in [0.15, 0.2) is 18.2 Å². The summed E-state index contributed by atoms with van der Waals surface area (Å²) in [4.78, 5) is 11.8. The number of halogens is 1. The molecule has 1 amide bonds. The number of ether oxygens (including phenoxy) is 1. The Morgan fingerprint density at radius 2 is 2.00 bits per heavy atom. The van der Waals surface area contributed by atoms with Crippen LogP contribution in [0.2, 0.25) is 5.02 Å². The van der Waals surface area contributed by atoms with Crippen molar-refractivity contribution in [2.75, 3.05) is 11.9 Å². The molecular weight excluding hydrogens is 288 g/mol. The molecule has 0 atom stereocenters. The summed E-state index contributed by atoms with van der Waals surface area (Å²) in [7, 11) is 0. The fraction of sp³-hybridized carbons (Fsp3) is 0.562. The van der Waals surface area contributed by atoms with Crippen LogP contribution in [-0.4, -0.2) is 18.6 Å². The molecule has 1 aromatic rings. The molecule has 0 saturated heterocycles. The minimum absolute atomic E-state index is 0.0105. The number of hydrogen-bond acceptors (Lipinski definition) is 3. The summed E-state index contributed by atoms with van der Waals surface area (Å²) in [5.41, 5.74) is 6.12. The van der Waals surface area contributed by atoms with Crippen LogP contribution < -0.4 is 15.8 Å². The summed E-state index contributed by atoms with van der Waals surface area (Å²) in [6.07, 6.45) is 4.61. The summed E-state index contributed by atoms with van der Waals surface area (Å²) in [5.74, 6) is 0.641. The van der Waals surface area contributed by atoms with E-state index >= 15 is 0 Å². The molecule has 0 aliphatic rings. The van der Waals surface area contributed by atoms with Crippen LogP contribution in [-0.2, 0) is 4.79 Å². The van der Waals surface area contributed by atoms with Gasteiger partial charge in [0.25, 0.3) is 0 Å². The Balaban J connectivity index is 2.40.